The second kappa shape index (κ2) is 7.29. The van der Waals surface area contributed by atoms with Gasteiger partial charge in [-0.3, -0.25) is 9.59 Å². The normalized spacial score (nSPS) is 21.8. The van der Waals surface area contributed by atoms with Crippen LogP contribution in [0, 0.1) is 0 Å². The number of esters is 1. The van der Waals surface area contributed by atoms with Gasteiger partial charge in [0.05, 0.1) is 0 Å². The van der Waals surface area contributed by atoms with E-state index in [-0.39, 0.29) is 18.3 Å². The summed E-state index contributed by atoms with van der Waals surface area (Å²) in [4.78, 5) is 34.7. The minimum atomic E-state index is -1.05. The van der Waals surface area contributed by atoms with Crippen molar-refractivity contribution in [2.45, 2.75) is 83.6 Å². The predicted molar refractivity (Wildman–Crippen MR) is 82.8 cm³/mol. The standard InChI is InChI=1S/C16H27NO6/c1-15(2,3)23-12(18)8-9-16(4,5)17-13(19)10-6-7-11(22-10)14(20)21/h10-11H,6-9H2,1-5H3,(H,17,19)(H,20,21)/t10-,11+/m0/s1. The largest absolute Gasteiger partial charge is 0.479 e. The predicted octanol–water partition coefficient (Wildman–Crippen LogP) is 1.64. The zero-order valence-corrected chi connectivity index (χ0v) is 14.5. The molecular weight excluding hydrogens is 302 g/mol. The van der Waals surface area contributed by atoms with Gasteiger partial charge < -0.3 is 19.9 Å². The van der Waals surface area contributed by atoms with Gasteiger partial charge in [0, 0.05) is 12.0 Å². The van der Waals surface area contributed by atoms with Gasteiger partial charge in [0.2, 0.25) is 5.91 Å². The summed E-state index contributed by atoms with van der Waals surface area (Å²) < 4.78 is 10.5. The molecule has 0 aliphatic carbocycles. The molecule has 2 atom stereocenters. The highest BCUT2D eigenvalue weighted by molar-refractivity contribution is 5.83. The lowest BCUT2D eigenvalue weighted by Crippen LogP contribution is -2.48. The minimum absolute atomic E-state index is 0.188. The van der Waals surface area contributed by atoms with E-state index in [1.807, 2.05) is 0 Å². The molecule has 23 heavy (non-hydrogen) atoms. The molecule has 0 bridgehead atoms. The molecule has 1 aliphatic rings. The third-order valence-electron chi connectivity index (χ3n) is 3.42. The Balaban J connectivity index is 2.44. The van der Waals surface area contributed by atoms with Crippen LogP contribution in [0.5, 0.6) is 0 Å². The molecule has 0 aromatic carbocycles. The van der Waals surface area contributed by atoms with Crippen LogP contribution in [-0.4, -0.2) is 46.3 Å². The average Bonchev–Trinajstić information content (AvgIpc) is 2.83. The van der Waals surface area contributed by atoms with Crippen molar-refractivity contribution in [1.29, 1.82) is 0 Å². The van der Waals surface area contributed by atoms with Gasteiger partial charge in [0.15, 0.2) is 6.10 Å². The molecule has 7 heteroatoms. The van der Waals surface area contributed by atoms with Crippen molar-refractivity contribution in [2.75, 3.05) is 0 Å². The second-order valence-corrected chi connectivity index (χ2v) is 7.49. The lowest BCUT2D eigenvalue weighted by Gasteiger charge is -2.28. The summed E-state index contributed by atoms with van der Waals surface area (Å²) in [7, 11) is 0. The van der Waals surface area contributed by atoms with E-state index in [0.29, 0.717) is 19.3 Å². The SMILES string of the molecule is CC(C)(CCC(=O)OC(C)(C)C)NC(=O)[C@@H]1CC[C@H](C(=O)O)O1. The molecule has 2 N–H and O–H groups in total. The first-order chi connectivity index (χ1) is 10.4. The molecule has 0 aromatic rings. The number of aliphatic carboxylic acids is 1. The Morgan fingerprint density at radius 2 is 1.70 bits per heavy atom. The molecule has 0 radical (unpaired) electrons. The first kappa shape index (κ1) is 19.4. The van der Waals surface area contributed by atoms with E-state index in [9.17, 15) is 14.4 Å². The third-order valence-corrected chi connectivity index (χ3v) is 3.42. The van der Waals surface area contributed by atoms with Crippen molar-refractivity contribution in [3.8, 4) is 0 Å². The number of carboxylic acids is 1. The van der Waals surface area contributed by atoms with Crippen LogP contribution in [0.1, 0.15) is 60.3 Å². The highest BCUT2D eigenvalue weighted by Crippen LogP contribution is 2.22. The molecule has 1 amide bonds. The van der Waals surface area contributed by atoms with E-state index in [0.717, 1.165) is 0 Å². The Hall–Kier alpha value is -1.63. The third kappa shape index (κ3) is 6.99. The Bertz CT molecular complexity index is 466. The van der Waals surface area contributed by atoms with Crippen LogP contribution in [-0.2, 0) is 23.9 Å². The van der Waals surface area contributed by atoms with E-state index in [1.165, 1.54) is 0 Å². The number of carboxylic acid groups (broad SMARTS) is 1. The lowest BCUT2D eigenvalue weighted by atomic mass is 9.97. The fourth-order valence-electron chi connectivity index (χ4n) is 2.30. The summed E-state index contributed by atoms with van der Waals surface area (Å²) in [6.07, 6.45) is -0.361. The lowest BCUT2D eigenvalue weighted by molar-refractivity contribution is -0.156. The van der Waals surface area contributed by atoms with Crippen molar-refractivity contribution in [1.82, 2.24) is 5.32 Å². The van der Waals surface area contributed by atoms with Crippen LogP contribution in [0.25, 0.3) is 0 Å². The van der Waals surface area contributed by atoms with Crippen molar-refractivity contribution >= 4 is 17.8 Å². The number of hydrogen-bond acceptors (Lipinski definition) is 5. The maximum absolute atomic E-state index is 12.2. The van der Waals surface area contributed by atoms with Gasteiger partial charge in [-0.15, -0.1) is 0 Å². The van der Waals surface area contributed by atoms with E-state index in [4.69, 9.17) is 14.6 Å². The number of carbonyl (C=O) groups excluding carboxylic acids is 2. The highest BCUT2D eigenvalue weighted by Gasteiger charge is 2.36. The molecule has 132 valence electrons. The van der Waals surface area contributed by atoms with Crippen LogP contribution in [0.15, 0.2) is 0 Å². The number of carbonyl (C=O) groups is 3. The van der Waals surface area contributed by atoms with E-state index < -0.39 is 29.3 Å². The number of ether oxygens (including phenoxy) is 2. The quantitative estimate of drug-likeness (QED) is 0.718. The number of rotatable bonds is 6. The van der Waals surface area contributed by atoms with Crippen LogP contribution < -0.4 is 5.32 Å². The molecular formula is C16H27NO6. The molecule has 0 spiro atoms. The summed E-state index contributed by atoms with van der Waals surface area (Å²) in [5.41, 5.74) is -1.15. The zero-order chi connectivity index (χ0) is 17.8. The van der Waals surface area contributed by atoms with E-state index >= 15 is 0 Å². The summed E-state index contributed by atoms with van der Waals surface area (Å²) in [5.74, 6) is -1.71. The Kier molecular flexibility index (Phi) is 6.16. The van der Waals surface area contributed by atoms with Crippen molar-refractivity contribution < 1.29 is 29.0 Å². The van der Waals surface area contributed by atoms with Crippen LogP contribution in [0.2, 0.25) is 0 Å². The van der Waals surface area contributed by atoms with Gasteiger partial charge in [-0.05, 0) is 53.9 Å². The van der Waals surface area contributed by atoms with Crippen molar-refractivity contribution in [3.05, 3.63) is 0 Å². The maximum Gasteiger partial charge on any atom is 0.332 e. The average molecular weight is 329 g/mol. The fourth-order valence-corrected chi connectivity index (χ4v) is 2.30. The van der Waals surface area contributed by atoms with E-state index in [2.05, 4.69) is 5.32 Å². The molecule has 1 saturated heterocycles. The van der Waals surface area contributed by atoms with Gasteiger partial charge in [0.1, 0.15) is 11.7 Å². The highest BCUT2D eigenvalue weighted by atomic mass is 16.6. The molecule has 7 nitrogen and oxygen atoms in total. The van der Waals surface area contributed by atoms with Gasteiger partial charge in [0.25, 0.3) is 0 Å². The molecule has 1 heterocycles. The zero-order valence-electron chi connectivity index (χ0n) is 14.5. The van der Waals surface area contributed by atoms with Gasteiger partial charge in [-0.2, -0.15) is 0 Å². The summed E-state index contributed by atoms with van der Waals surface area (Å²) >= 11 is 0. The Morgan fingerprint density at radius 3 is 2.17 bits per heavy atom. The second-order valence-electron chi connectivity index (χ2n) is 7.49. The van der Waals surface area contributed by atoms with Crippen molar-refractivity contribution in [2.24, 2.45) is 0 Å². The minimum Gasteiger partial charge on any atom is -0.479 e. The number of nitrogens with one attached hydrogen (secondary N) is 1. The van der Waals surface area contributed by atoms with E-state index in [1.54, 1.807) is 34.6 Å². The molecule has 1 aliphatic heterocycles. The molecule has 0 saturated carbocycles. The number of amides is 1. The smallest absolute Gasteiger partial charge is 0.332 e. The molecule has 0 aromatic heterocycles. The summed E-state index contributed by atoms with van der Waals surface area (Å²) in [5, 5.41) is 11.7. The monoisotopic (exact) mass is 329 g/mol. The van der Waals surface area contributed by atoms with Crippen LogP contribution in [0.4, 0.5) is 0 Å². The van der Waals surface area contributed by atoms with Crippen LogP contribution >= 0.6 is 0 Å². The Morgan fingerprint density at radius 1 is 1.13 bits per heavy atom. The van der Waals surface area contributed by atoms with Gasteiger partial charge >= 0.3 is 11.9 Å². The first-order valence-corrected chi connectivity index (χ1v) is 7.82. The van der Waals surface area contributed by atoms with Crippen molar-refractivity contribution in [3.63, 3.8) is 0 Å². The fraction of sp³-hybridized carbons (Fsp3) is 0.812. The van der Waals surface area contributed by atoms with Gasteiger partial charge in [-0.25, -0.2) is 4.79 Å². The Labute approximate surface area is 136 Å². The summed E-state index contributed by atoms with van der Waals surface area (Å²) in [6.45, 7) is 9.01. The molecule has 1 fully saturated rings. The first-order valence-electron chi connectivity index (χ1n) is 7.82. The molecule has 0 unspecified atom stereocenters. The topological polar surface area (TPSA) is 102 Å². The van der Waals surface area contributed by atoms with Crippen LogP contribution in [0.3, 0.4) is 0 Å². The molecule has 1 rings (SSSR count). The maximum atomic E-state index is 12.2. The van der Waals surface area contributed by atoms with Gasteiger partial charge in [-0.1, -0.05) is 0 Å². The summed E-state index contributed by atoms with van der Waals surface area (Å²) in [6, 6.07) is 0. The number of hydrogen-bond donors (Lipinski definition) is 2.